The van der Waals surface area contributed by atoms with Crippen LogP contribution in [0.5, 0.6) is 5.75 Å². The molecule has 0 saturated heterocycles. The van der Waals surface area contributed by atoms with Crippen LogP contribution in [0.3, 0.4) is 0 Å². The number of anilines is 1. The van der Waals surface area contributed by atoms with E-state index in [9.17, 15) is 9.59 Å². The van der Waals surface area contributed by atoms with Gasteiger partial charge in [0.1, 0.15) is 5.75 Å². The fraction of sp³-hybridized carbons (Fsp3) is 0.500. The molecule has 0 bridgehead atoms. The zero-order valence-electron chi connectivity index (χ0n) is 13.0. The highest BCUT2D eigenvalue weighted by molar-refractivity contribution is 5.97. The van der Waals surface area contributed by atoms with E-state index in [1.54, 1.807) is 11.0 Å². The van der Waals surface area contributed by atoms with Crippen molar-refractivity contribution in [3.05, 3.63) is 23.8 Å². The Morgan fingerprint density at radius 1 is 1.36 bits per heavy atom. The number of ether oxygens (including phenoxy) is 1. The molecule has 0 atom stereocenters. The minimum Gasteiger partial charge on any atom is -0.491 e. The molecule has 0 unspecified atom stereocenters. The Morgan fingerprint density at radius 2 is 2.09 bits per heavy atom. The van der Waals surface area contributed by atoms with E-state index in [1.165, 1.54) is 12.1 Å². The molecule has 1 aromatic carbocycles. The van der Waals surface area contributed by atoms with Crippen molar-refractivity contribution in [2.75, 3.05) is 37.7 Å². The number of hydrogen-bond donors (Lipinski definition) is 1. The predicted octanol–water partition coefficient (Wildman–Crippen LogP) is 1.84. The zero-order chi connectivity index (χ0) is 16.1. The molecule has 1 heterocycles. The summed E-state index contributed by atoms with van der Waals surface area (Å²) in [5, 5.41) is 9.07. The van der Waals surface area contributed by atoms with Crippen LogP contribution in [-0.2, 0) is 4.79 Å². The number of amides is 1. The zero-order valence-corrected chi connectivity index (χ0v) is 13.0. The topological polar surface area (TPSA) is 70.1 Å². The second-order valence-electron chi connectivity index (χ2n) is 5.16. The third-order valence-electron chi connectivity index (χ3n) is 3.91. The minimum atomic E-state index is -1.00. The Hall–Kier alpha value is -2.08. The van der Waals surface area contributed by atoms with Gasteiger partial charge in [0.25, 0.3) is 0 Å². The maximum absolute atomic E-state index is 12.3. The van der Waals surface area contributed by atoms with Gasteiger partial charge in [0, 0.05) is 13.1 Å². The maximum atomic E-state index is 12.3. The summed E-state index contributed by atoms with van der Waals surface area (Å²) in [5.74, 6) is -0.532. The molecule has 0 aliphatic carbocycles. The molecule has 0 saturated carbocycles. The van der Waals surface area contributed by atoms with E-state index < -0.39 is 5.97 Å². The summed E-state index contributed by atoms with van der Waals surface area (Å²) in [6.07, 6.45) is 0.301. The van der Waals surface area contributed by atoms with Crippen LogP contribution >= 0.6 is 0 Å². The number of carboxylic acid groups (broad SMARTS) is 1. The molecule has 0 aromatic heterocycles. The van der Waals surface area contributed by atoms with Crippen LogP contribution in [0.1, 0.15) is 30.6 Å². The summed E-state index contributed by atoms with van der Waals surface area (Å²) >= 11 is 0. The van der Waals surface area contributed by atoms with Gasteiger partial charge in [-0.3, -0.25) is 4.79 Å². The Labute approximate surface area is 130 Å². The summed E-state index contributed by atoms with van der Waals surface area (Å²) in [4.78, 5) is 27.3. The normalized spacial score (nSPS) is 14.5. The Kier molecular flexibility index (Phi) is 5.38. The lowest BCUT2D eigenvalue weighted by Gasteiger charge is -2.26. The molecule has 6 nitrogen and oxygen atoms in total. The van der Waals surface area contributed by atoms with E-state index in [0.29, 0.717) is 24.4 Å². The quantitative estimate of drug-likeness (QED) is 0.868. The Morgan fingerprint density at radius 3 is 2.73 bits per heavy atom. The van der Waals surface area contributed by atoms with Crippen molar-refractivity contribution in [3.63, 3.8) is 0 Å². The number of benzene rings is 1. The molecule has 1 amide bonds. The smallest absolute Gasteiger partial charge is 0.335 e. The highest BCUT2D eigenvalue weighted by Gasteiger charge is 2.24. The van der Waals surface area contributed by atoms with Gasteiger partial charge >= 0.3 is 5.97 Å². The standard InChI is InChI=1S/C16H22N2O4/c1-3-17(4-2)8-9-18-13-6-5-12(16(20)21)11-14(13)22-10-7-15(18)19/h5-6,11H,3-4,7-10H2,1-2H3,(H,20,21). The van der Waals surface area contributed by atoms with E-state index in [2.05, 4.69) is 18.7 Å². The second kappa shape index (κ2) is 7.26. The van der Waals surface area contributed by atoms with E-state index in [4.69, 9.17) is 9.84 Å². The summed E-state index contributed by atoms with van der Waals surface area (Å²) in [6.45, 7) is 7.66. The van der Waals surface area contributed by atoms with Crippen LogP contribution in [0, 0.1) is 0 Å². The lowest BCUT2D eigenvalue weighted by molar-refractivity contribution is -0.118. The first-order valence-electron chi connectivity index (χ1n) is 7.59. The number of carbonyl (C=O) groups is 2. The average molecular weight is 306 g/mol. The molecular weight excluding hydrogens is 284 g/mol. The molecular formula is C16H22N2O4. The van der Waals surface area contributed by atoms with Crippen LogP contribution in [0.2, 0.25) is 0 Å². The van der Waals surface area contributed by atoms with E-state index in [0.717, 1.165) is 19.6 Å². The average Bonchev–Trinajstić information content (AvgIpc) is 2.66. The Balaban J connectivity index is 2.25. The molecule has 2 rings (SSSR count). The highest BCUT2D eigenvalue weighted by atomic mass is 16.5. The van der Waals surface area contributed by atoms with Crippen LogP contribution in [-0.4, -0.2) is 54.7 Å². The van der Waals surface area contributed by atoms with Gasteiger partial charge in [-0.2, -0.15) is 0 Å². The summed E-state index contributed by atoms with van der Waals surface area (Å²) in [7, 11) is 0. The molecule has 0 radical (unpaired) electrons. The van der Waals surface area contributed by atoms with Crippen molar-refractivity contribution < 1.29 is 19.4 Å². The molecule has 120 valence electrons. The number of aromatic carboxylic acids is 1. The van der Waals surface area contributed by atoms with Crippen molar-refractivity contribution in [2.45, 2.75) is 20.3 Å². The first-order valence-corrected chi connectivity index (χ1v) is 7.59. The number of likely N-dealkylation sites (N-methyl/N-ethyl adjacent to an activating group) is 1. The van der Waals surface area contributed by atoms with Gasteiger partial charge < -0.3 is 19.6 Å². The largest absolute Gasteiger partial charge is 0.491 e. The van der Waals surface area contributed by atoms with Gasteiger partial charge in [0.15, 0.2) is 0 Å². The molecule has 1 aliphatic rings. The molecule has 22 heavy (non-hydrogen) atoms. The Bertz CT molecular complexity index is 555. The fourth-order valence-corrected chi connectivity index (χ4v) is 2.53. The molecule has 1 aromatic rings. The lowest BCUT2D eigenvalue weighted by atomic mass is 10.1. The molecule has 6 heteroatoms. The number of nitrogens with zero attached hydrogens (tertiary/aromatic N) is 2. The van der Waals surface area contributed by atoms with Gasteiger partial charge in [-0.25, -0.2) is 4.79 Å². The van der Waals surface area contributed by atoms with Gasteiger partial charge in [-0.1, -0.05) is 13.8 Å². The number of hydrogen-bond acceptors (Lipinski definition) is 4. The van der Waals surface area contributed by atoms with Gasteiger partial charge in [0.05, 0.1) is 24.3 Å². The van der Waals surface area contributed by atoms with Crippen molar-refractivity contribution in [1.82, 2.24) is 4.90 Å². The van der Waals surface area contributed by atoms with Crippen molar-refractivity contribution >= 4 is 17.6 Å². The van der Waals surface area contributed by atoms with Crippen LogP contribution in [0.15, 0.2) is 18.2 Å². The van der Waals surface area contributed by atoms with Gasteiger partial charge in [0.2, 0.25) is 5.91 Å². The minimum absolute atomic E-state index is 0.00832. The van der Waals surface area contributed by atoms with Crippen molar-refractivity contribution in [3.8, 4) is 5.75 Å². The summed E-state index contributed by atoms with van der Waals surface area (Å²) in [6, 6.07) is 4.65. The van der Waals surface area contributed by atoms with E-state index in [1.807, 2.05) is 0 Å². The maximum Gasteiger partial charge on any atom is 0.335 e. The predicted molar refractivity (Wildman–Crippen MR) is 83.7 cm³/mol. The van der Waals surface area contributed by atoms with Crippen LogP contribution in [0.25, 0.3) is 0 Å². The second-order valence-corrected chi connectivity index (χ2v) is 5.16. The third kappa shape index (κ3) is 3.57. The SMILES string of the molecule is CCN(CC)CCN1C(=O)CCOc2cc(C(=O)O)ccc21. The van der Waals surface area contributed by atoms with Gasteiger partial charge in [-0.05, 0) is 31.3 Å². The summed E-state index contributed by atoms with van der Waals surface area (Å²) < 4.78 is 5.56. The monoisotopic (exact) mass is 306 g/mol. The van der Waals surface area contributed by atoms with E-state index >= 15 is 0 Å². The first-order chi connectivity index (χ1) is 10.6. The number of rotatable bonds is 6. The van der Waals surface area contributed by atoms with Crippen molar-refractivity contribution in [2.24, 2.45) is 0 Å². The molecule has 1 aliphatic heterocycles. The summed E-state index contributed by atoms with van der Waals surface area (Å²) in [5.41, 5.74) is 0.816. The molecule has 1 N–H and O–H groups in total. The molecule has 0 fully saturated rings. The highest BCUT2D eigenvalue weighted by Crippen LogP contribution is 2.32. The molecule has 0 spiro atoms. The fourth-order valence-electron chi connectivity index (χ4n) is 2.53. The number of fused-ring (bicyclic) bond motifs is 1. The first kappa shape index (κ1) is 16.3. The van der Waals surface area contributed by atoms with E-state index in [-0.39, 0.29) is 18.1 Å². The van der Waals surface area contributed by atoms with Crippen LogP contribution in [0.4, 0.5) is 5.69 Å². The third-order valence-corrected chi connectivity index (χ3v) is 3.91. The lowest BCUT2D eigenvalue weighted by Crippen LogP contribution is -2.38. The van der Waals surface area contributed by atoms with Crippen molar-refractivity contribution in [1.29, 1.82) is 0 Å². The number of carbonyl (C=O) groups excluding carboxylic acids is 1. The number of carboxylic acids is 1. The van der Waals surface area contributed by atoms with Crippen LogP contribution < -0.4 is 9.64 Å². The van der Waals surface area contributed by atoms with Gasteiger partial charge in [-0.15, -0.1) is 0 Å².